The van der Waals surface area contributed by atoms with E-state index in [-0.39, 0.29) is 41.0 Å². The highest BCUT2D eigenvalue weighted by Crippen LogP contribution is 2.20. The van der Waals surface area contributed by atoms with Gasteiger partial charge in [0.1, 0.15) is 6.04 Å². The molecular formula is C23H36ClN3O6S. The van der Waals surface area contributed by atoms with Crippen LogP contribution in [0.4, 0.5) is 0 Å². The second-order valence-corrected chi connectivity index (χ2v) is 10.4. The molecule has 1 fully saturated rings. The number of esters is 1. The van der Waals surface area contributed by atoms with Crippen molar-refractivity contribution in [3.05, 3.63) is 29.8 Å². The fourth-order valence-corrected chi connectivity index (χ4v) is 4.97. The molecule has 2 N–H and O–H groups in total. The number of amides is 2. The van der Waals surface area contributed by atoms with E-state index in [1.807, 2.05) is 20.8 Å². The van der Waals surface area contributed by atoms with Crippen LogP contribution in [0.5, 0.6) is 0 Å². The maximum absolute atomic E-state index is 12.8. The second-order valence-electron chi connectivity index (χ2n) is 8.65. The van der Waals surface area contributed by atoms with E-state index in [1.54, 1.807) is 17.0 Å². The van der Waals surface area contributed by atoms with Gasteiger partial charge in [-0.2, -0.15) is 4.72 Å². The minimum atomic E-state index is -3.82. The predicted octanol–water partition coefficient (Wildman–Crippen LogP) is 2.03. The maximum Gasteiger partial charge on any atom is 0.328 e. The zero-order valence-electron chi connectivity index (χ0n) is 20.4. The van der Waals surface area contributed by atoms with Crippen LogP contribution in [0, 0.1) is 18.8 Å². The Bertz CT molecular complexity index is 946. The van der Waals surface area contributed by atoms with Gasteiger partial charge in [0.05, 0.1) is 18.0 Å². The number of aryl methyl sites for hydroxylation is 1. The van der Waals surface area contributed by atoms with Gasteiger partial charge in [0, 0.05) is 19.0 Å². The zero-order valence-corrected chi connectivity index (χ0v) is 22.0. The van der Waals surface area contributed by atoms with Crippen LogP contribution in [-0.4, -0.2) is 63.4 Å². The summed E-state index contributed by atoms with van der Waals surface area (Å²) in [5.74, 6) is -1.43. The zero-order chi connectivity index (χ0) is 24.8. The van der Waals surface area contributed by atoms with Crippen molar-refractivity contribution in [3.63, 3.8) is 0 Å². The highest BCUT2D eigenvalue weighted by atomic mass is 35.5. The number of ether oxygens (including phenoxy) is 1. The molecule has 1 saturated heterocycles. The third kappa shape index (κ3) is 7.68. The molecule has 2 rings (SSSR count). The number of methoxy groups -OCH3 is 1. The van der Waals surface area contributed by atoms with Crippen LogP contribution in [-0.2, 0) is 29.1 Å². The minimum absolute atomic E-state index is 0. The van der Waals surface area contributed by atoms with Crippen molar-refractivity contribution in [2.24, 2.45) is 11.8 Å². The summed E-state index contributed by atoms with van der Waals surface area (Å²) in [7, 11) is -2.53. The smallest absolute Gasteiger partial charge is 0.328 e. The van der Waals surface area contributed by atoms with Gasteiger partial charge < -0.3 is 15.0 Å². The quantitative estimate of drug-likeness (QED) is 0.483. The summed E-state index contributed by atoms with van der Waals surface area (Å²) < 4.78 is 32.4. The van der Waals surface area contributed by atoms with Gasteiger partial charge in [0.2, 0.25) is 21.8 Å². The maximum atomic E-state index is 12.8. The Hall–Kier alpha value is -2.17. The van der Waals surface area contributed by atoms with Crippen molar-refractivity contribution in [1.29, 1.82) is 0 Å². The van der Waals surface area contributed by atoms with Gasteiger partial charge in [-0.3, -0.25) is 9.59 Å². The molecule has 11 heteroatoms. The number of benzene rings is 1. The van der Waals surface area contributed by atoms with Crippen LogP contribution < -0.4 is 10.0 Å². The molecule has 1 aromatic rings. The van der Waals surface area contributed by atoms with Gasteiger partial charge in [-0.15, -0.1) is 12.4 Å². The standard InChI is InChI=1S/C23H35N3O6S.ClH/c1-6-16(3)20(23(29)32-5)24-21(27)18-11-13-26(14-12-18)22(28)17(4)25-33(30,31)19-9-7-15(2)8-10-19;/h7-10,16-18,20,25H,6,11-14H2,1-5H3,(H,24,27);1H/t16?,17-,20-;/m0./s1. The monoisotopic (exact) mass is 517 g/mol. The van der Waals surface area contributed by atoms with Gasteiger partial charge in [-0.25, -0.2) is 13.2 Å². The number of rotatable bonds is 9. The Kier molecular flexibility index (Phi) is 11.5. The molecule has 34 heavy (non-hydrogen) atoms. The third-order valence-corrected chi connectivity index (χ3v) is 7.73. The topological polar surface area (TPSA) is 122 Å². The number of nitrogens with one attached hydrogen (secondary N) is 2. The summed E-state index contributed by atoms with van der Waals surface area (Å²) >= 11 is 0. The van der Waals surface area contributed by atoms with Crippen LogP contribution in [0.3, 0.4) is 0 Å². The average molecular weight is 518 g/mol. The number of carbonyl (C=O) groups excluding carboxylic acids is 3. The minimum Gasteiger partial charge on any atom is -0.467 e. The first kappa shape index (κ1) is 29.9. The second kappa shape index (κ2) is 13.1. The Morgan fingerprint density at radius 3 is 2.18 bits per heavy atom. The number of sulfonamides is 1. The fraction of sp³-hybridized carbons (Fsp3) is 0.609. The van der Waals surface area contributed by atoms with Gasteiger partial charge >= 0.3 is 5.97 Å². The van der Waals surface area contributed by atoms with Crippen molar-refractivity contribution in [2.75, 3.05) is 20.2 Å². The molecule has 0 bridgehead atoms. The lowest BCUT2D eigenvalue weighted by Gasteiger charge is -2.34. The van der Waals surface area contributed by atoms with Crippen molar-refractivity contribution in [2.45, 2.75) is 63.9 Å². The van der Waals surface area contributed by atoms with Crippen molar-refractivity contribution < 1.29 is 27.5 Å². The third-order valence-electron chi connectivity index (χ3n) is 6.18. The summed E-state index contributed by atoms with van der Waals surface area (Å²) in [4.78, 5) is 39.2. The molecule has 1 aromatic carbocycles. The van der Waals surface area contributed by atoms with E-state index in [4.69, 9.17) is 4.74 Å². The first-order valence-corrected chi connectivity index (χ1v) is 12.7. The number of carbonyl (C=O) groups is 3. The number of piperidine rings is 1. The van der Waals surface area contributed by atoms with Gasteiger partial charge in [-0.05, 0) is 44.7 Å². The molecule has 9 nitrogen and oxygen atoms in total. The number of likely N-dealkylation sites (tertiary alicyclic amines) is 1. The Morgan fingerprint density at radius 2 is 1.68 bits per heavy atom. The molecule has 3 atom stereocenters. The van der Waals surface area contributed by atoms with Crippen LogP contribution in [0.15, 0.2) is 29.2 Å². The van der Waals surface area contributed by atoms with Crippen LogP contribution >= 0.6 is 12.4 Å². The van der Waals surface area contributed by atoms with Crippen molar-refractivity contribution in [1.82, 2.24) is 14.9 Å². The van der Waals surface area contributed by atoms with Crippen molar-refractivity contribution >= 4 is 40.2 Å². The van der Waals surface area contributed by atoms with E-state index in [0.29, 0.717) is 32.4 Å². The van der Waals surface area contributed by atoms with Gasteiger partial charge in [-0.1, -0.05) is 38.0 Å². The Labute approximate surface area is 208 Å². The number of halogens is 1. The van der Waals surface area contributed by atoms with E-state index in [0.717, 1.165) is 5.56 Å². The molecule has 0 aliphatic carbocycles. The highest BCUT2D eigenvalue weighted by molar-refractivity contribution is 7.89. The van der Waals surface area contributed by atoms with Gasteiger partial charge in [0.25, 0.3) is 0 Å². The molecular weight excluding hydrogens is 482 g/mol. The molecule has 0 saturated carbocycles. The molecule has 0 radical (unpaired) electrons. The number of nitrogens with zero attached hydrogens (tertiary/aromatic N) is 1. The van der Waals surface area contributed by atoms with E-state index < -0.39 is 28.1 Å². The van der Waals surface area contributed by atoms with Crippen molar-refractivity contribution in [3.8, 4) is 0 Å². The van der Waals surface area contributed by atoms with E-state index in [9.17, 15) is 22.8 Å². The Morgan fingerprint density at radius 1 is 1.12 bits per heavy atom. The summed E-state index contributed by atoms with van der Waals surface area (Å²) in [5, 5.41) is 2.80. The van der Waals surface area contributed by atoms with E-state index in [2.05, 4.69) is 10.0 Å². The van der Waals surface area contributed by atoms with E-state index >= 15 is 0 Å². The molecule has 0 spiro atoms. The molecule has 1 unspecified atom stereocenters. The van der Waals surface area contributed by atoms with Crippen LogP contribution in [0.25, 0.3) is 0 Å². The molecule has 2 amide bonds. The normalized spacial score (nSPS) is 17.1. The lowest BCUT2D eigenvalue weighted by molar-refractivity contribution is -0.147. The predicted molar refractivity (Wildman–Crippen MR) is 131 cm³/mol. The summed E-state index contributed by atoms with van der Waals surface area (Å²) in [6.07, 6.45) is 1.58. The highest BCUT2D eigenvalue weighted by Gasteiger charge is 2.34. The molecule has 1 aliphatic rings. The SMILES string of the molecule is CCC(C)[C@H](NC(=O)C1CCN(C(=O)[C@H](C)NS(=O)(=O)c2ccc(C)cc2)CC1)C(=O)OC.Cl. The lowest BCUT2D eigenvalue weighted by Crippen LogP contribution is -2.52. The molecule has 0 aromatic heterocycles. The first-order chi connectivity index (χ1) is 15.5. The lowest BCUT2D eigenvalue weighted by atomic mass is 9.93. The number of hydrogen-bond donors (Lipinski definition) is 2. The average Bonchev–Trinajstić information content (AvgIpc) is 2.80. The molecule has 192 valence electrons. The van der Waals surface area contributed by atoms with E-state index in [1.165, 1.54) is 26.2 Å². The Balaban J connectivity index is 0.00000578. The summed E-state index contributed by atoms with van der Waals surface area (Å²) in [6.45, 7) is 7.85. The van der Waals surface area contributed by atoms with Crippen LogP contribution in [0.1, 0.15) is 45.6 Å². The molecule has 1 heterocycles. The number of hydrogen-bond acceptors (Lipinski definition) is 6. The fourth-order valence-electron chi connectivity index (χ4n) is 3.77. The van der Waals surface area contributed by atoms with Crippen LogP contribution in [0.2, 0.25) is 0 Å². The van der Waals surface area contributed by atoms with Gasteiger partial charge in [0.15, 0.2) is 0 Å². The largest absolute Gasteiger partial charge is 0.467 e. The first-order valence-electron chi connectivity index (χ1n) is 11.3. The summed E-state index contributed by atoms with van der Waals surface area (Å²) in [5.41, 5.74) is 0.937. The summed E-state index contributed by atoms with van der Waals surface area (Å²) in [6, 6.07) is 4.75. The molecule has 1 aliphatic heterocycles.